The lowest BCUT2D eigenvalue weighted by atomic mass is 10.0. The Hall–Kier alpha value is -2.65. The fourth-order valence-electron chi connectivity index (χ4n) is 4.88. The molecule has 4 rings (SSSR count). The summed E-state index contributed by atoms with van der Waals surface area (Å²) >= 11 is 0. The van der Waals surface area contributed by atoms with Crippen LogP contribution in [0.4, 0.5) is 5.69 Å². The van der Waals surface area contributed by atoms with Crippen molar-refractivity contribution < 1.29 is 22.7 Å². The molecule has 178 valence electrons. The van der Waals surface area contributed by atoms with E-state index in [2.05, 4.69) is 4.98 Å². The summed E-state index contributed by atoms with van der Waals surface area (Å²) in [6, 6.07) is 5.04. The van der Waals surface area contributed by atoms with Crippen molar-refractivity contribution in [2.24, 2.45) is 0 Å². The highest BCUT2D eigenvalue weighted by molar-refractivity contribution is 7.89. The smallest absolute Gasteiger partial charge is 0.339 e. The molecule has 9 heteroatoms. The molecular formula is C24H31N3O5S. The Bertz CT molecular complexity index is 1180. The number of methoxy groups -OCH3 is 1. The van der Waals surface area contributed by atoms with Gasteiger partial charge in [-0.3, -0.25) is 4.79 Å². The lowest BCUT2D eigenvalue weighted by Crippen LogP contribution is -2.35. The Balaban J connectivity index is 1.65. The highest BCUT2D eigenvalue weighted by Crippen LogP contribution is 2.34. The van der Waals surface area contributed by atoms with E-state index in [4.69, 9.17) is 4.74 Å². The molecule has 1 amide bonds. The van der Waals surface area contributed by atoms with Crippen molar-refractivity contribution in [3.63, 3.8) is 0 Å². The maximum atomic E-state index is 13.5. The summed E-state index contributed by atoms with van der Waals surface area (Å²) in [5, 5.41) is 0. The largest absolute Gasteiger partial charge is 0.465 e. The molecule has 0 aliphatic carbocycles. The minimum absolute atomic E-state index is 0.220. The number of aromatic amines is 1. The second-order valence-corrected chi connectivity index (χ2v) is 10.6. The molecule has 33 heavy (non-hydrogen) atoms. The van der Waals surface area contributed by atoms with Crippen LogP contribution in [0, 0.1) is 6.92 Å². The SMILES string of the molecule is CCCc1c(C(=O)N2CCc3cc(S(=O)(=O)N4CCCCC4)ccc32)[nH]c(C)c1C(=O)OC. The van der Waals surface area contributed by atoms with Crippen molar-refractivity contribution >= 4 is 27.6 Å². The van der Waals surface area contributed by atoms with Crippen molar-refractivity contribution in [1.29, 1.82) is 0 Å². The molecule has 1 aromatic heterocycles. The number of sulfonamides is 1. The number of H-pyrrole nitrogens is 1. The Morgan fingerprint density at radius 2 is 1.85 bits per heavy atom. The zero-order valence-corrected chi connectivity index (χ0v) is 20.3. The van der Waals surface area contributed by atoms with Crippen molar-refractivity contribution in [3.8, 4) is 0 Å². The van der Waals surface area contributed by atoms with Crippen LogP contribution in [0.25, 0.3) is 0 Å². The number of carbonyl (C=O) groups is 2. The summed E-state index contributed by atoms with van der Waals surface area (Å²) in [5.74, 6) is -0.678. The van der Waals surface area contributed by atoms with Crippen LogP contribution < -0.4 is 4.90 Å². The molecule has 2 aliphatic heterocycles. The number of hydrogen-bond acceptors (Lipinski definition) is 5. The van der Waals surface area contributed by atoms with Gasteiger partial charge in [-0.15, -0.1) is 0 Å². The number of fused-ring (bicyclic) bond motifs is 1. The summed E-state index contributed by atoms with van der Waals surface area (Å²) in [4.78, 5) is 30.9. The van der Waals surface area contributed by atoms with Crippen LogP contribution >= 0.6 is 0 Å². The monoisotopic (exact) mass is 473 g/mol. The molecule has 3 heterocycles. The molecule has 0 bridgehead atoms. The number of aromatic nitrogens is 1. The van der Waals surface area contributed by atoms with Crippen LogP contribution in [0.15, 0.2) is 23.1 Å². The van der Waals surface area contributed by atoms with Gasteiger partial charge in [-0.2, -0.15) is 4.31 Å². The van der Waals surface area contributed by atoms with Gasteiger partial charge >= 0.3 is 5.97 Å². The highest BCUT2D eigenvalue weighted by Gasteiger charge is 2.33. The second-order valence-electron chi connectivity index (χ2n) is 8.68. The van der Waals surface area contributed by atoms with Gasteiger partial charge in [-0.25, -0.2) is 13.2 Å². The number of nitrogens with zero attached hydrogens (tertiary/aromatic N) is 2. The Morgan fingerprint density at radius 3 is 2.52 bits per heavy atom. The van der Waals surface area contributed by atoms with Gasteiger partial charge in [0.15, 0.2) is 0 Å². The van der Waals surface area contributed by atoms with Gasteiger partial charge in [0.1, 0.15) is 5.69 Å². The number of amides is 1. The van der Waals surface area contributed by atoms with Crippen molar-refractivity contribution in [1.82, 2.24) is 9.29 Å². The number of rotatable bonds is 6. The zero-order valence-electron chi connectivity index (χ0n) is 19.4. The van der Waals surface area contributed by atoms with Crippen molar-refractivity contribution in [2.45, 2.75) is 57.3 Å². The predicted octanol–water partition coefficient (Wildman–Crippen LogP) is 3.44. The van der Waals surface area contributed by atoms with Crippen LogP contribution in [-0.2, 0) is 27.6 Å². The second kappa shape index (κ2) is 9.30. The number of benzene rings is 1. The summed E-state index contributed by atoms with van der Waals surface area (Å²) in [6.07, 6.45) is 4.76. The molecule has 0 unspecified atom stereocenters. The summed E-state index contributed by atoms with van der Waals surface area (Å²) in [7, 11) is -2.20. The van der Waals surface area contributed by atoms with E-state index in [1.807, 2.05) is 6.92 Å². The number of carbonyl (C=O) groups excluding carboxylic acids is 2. The fourth-order valence-corrected chi connectivity index (χ4v) is 6.44. The lowest BCUT2D eigenvalue weighted by Gasteiger charge is -2.26. The van der Waals surface area contributed by atoms with E-state index in [1.165, 1.54) is 7.11 Å². The lowest BCUT2D eigenvalue weighted by molar-refractivity contribution is 0.0599. The first-order chi connectivity index (χ1) is 15.8. The maximum Gasteiger partial charge on any atom is 0.339 e. The van der Waals surface area contributed by atoms with Crippen molar-refractivity contribution in [2.75, 3.05) is 31.6 Å². The molecule has 2 aliphatic rings. The van der Waals surface area contributed by atoms with Crippen LogP contribution in [-0.4, -0.2) is 56.3 Å². The van der Waals surface area contributed by atoms with Crippen LogP contribution in [0.5, 0.6) is 0 Å². The third-order valence-corrected chi connectivity index (χ3v) is 8.43. The first kappa shape index (κ1) is 23.5. The molecule has 1 aromatic carbocycles. The quantitative estimate of drug-likeness (QED) is 0.648. The first-order valence-electron chi connectivity index (χ1n) is 11.5. The number of aryl methyl sites for hydroxylation is 1. The summed E-state index contributed by atoms with van der Waals surface area (Å²) < 4.78 is 32.6. The number of hydrogen-bond donors (Lipinski definition) is 1. The molecule has 0 atom stereocenters. The van der Waals surface area contributed by atoms with Gasteiger partial charge in [0, 0.05) is 31.0 Å². The van der Waals surface area contributed by atoms with Gasteiger partial charge < -0.3 is 14.6 Å². The number of nitrogens with one attached hydrogen (secondary N) is 1. The molecular weight excluding hydrogens is 442 g/mol. The molecule has 2 aromatic rings. The van der Waals surface area contributed by atoms with Gasteiger partial charge in [0.05, 0.1) is 17.6 Å². The summed E-state index contributed by atoms with van der Waals surface area (Å²) in [6.45, 7) is 5.32. The molecule has 1 saturated heterocycles. The topological polar surface area (TPSA) is 99.8 Å². The number of anilines is 1. The Labute approximate surface area is 195 Å². The molecule has 1 N–H and O–H groups in total. The van der Waals surface area contributed by atoms with E-state index in [0.717, 1.165) is 31.2 Å². The average molecular weight is 474 g/mol. The molecule has 8 nitrogen and oxygen atoms in total. The van der Waals surface area contributed by atoms with E-state index < -0.39 is 16.0 Å². The number of ether oxygens (including phenoxy) is 1. The van der Waals surface area contributed by atoms with Gasteiger partial charge in [0.2, 0.25) is 10.0 Å². The molecule has 1 fully saturated rings. The summed E-state index contributed by atoms with van der Waals surface area (Å²) in [5.41, 5.74) is 3.65. The predicted molar refractivity (Wildman–Crippen MR) is 125 cm³/mol. The standard InChI is InChI=1S/C24H31N3O5S/c1-4-8-19-21(24(29)32-3)16(2)25-22(19)23(28)27-14-11-17-15-18(9-10-20(17)27)33(30,31)26-12-6-5-7-13-26/h9-10,15,25H,4-8,11-14H2,1-3H3. The minimum atomic E-state index is -3.53. The molecule has 0 saturated carbocycles. The van der Waals surface area contributed by atoms with E-state index in [-0.39, 0.29) is 10.8 Å². The number of esters is 1. The van der Waals surface area contributed by atoms with E-state index in [1.54, 1.807) is 34.3 Å². The highest BCUT2D eigenvalue weighted by atomic mass is 32.2. The van der Waals surface area contributed by atoms with E-state index >= 15 is 0 Å². The van der Waals surface area contributed by atoms with Gasteiger partial charge in [-0.05, 0) is 61.9 Å². The van der Waals surface area contributed by atoms with Crippen LogP contribution in [0.2, 0.25) is 0 Å². The zero-order chi connectivity index (χ0) is 23.8. The van der Waals surface area contributed by atoms with Crippen LogP contribution in [0.3, 0.4) is 0 Å². The average Bonchev–Trinajstić information content (AvgIpc) is 3.39. The third-order valence-electron chi connectivity index (χ3n) is 6.54. The molecule has 0 radical (unpaired) electrons. The van der Waals surface area contributed by atoms with E-state index in [0.29, 0.717) is 60.7 Å². The van der Waals surface area contributed by atoms with Gasteiger partial charge in [0.25, 0.3) is 5.91 Å². The normalized spacial score (nSPS) is 16.6. The third kappa shape index (κ3) is 4.19. The van der Waals surface area contributed by atoms with Crippen molar-refractivity contribution in [3.05, 3.63) is 46.3 Å². The Morgan fingerprint density at radius 1 is 1.12 bits per heavy atom. The van der Waals surface area contributed by atoms with Crippen LogP contribution in [0.1, 0.15) is 70.3 Å². The number of piperidine rings is 1. The fraction of sp³-hybridized carbons (Fsp3) is 0.500. The minimum Gasteiger partial charge on any atom is -0.465 e. The first-order valence-corrected chi connectivity index (χ1v) is 13.0. The van der Waals surface area contributed by atoms with E-state index in [9.17, 15) is 18.0 Å². The molecule has 0 spiro atoms. The maximum absolute atomic E-state index is 13.5. The van der Waals surface area contributed by atoms with Gasteiger partial charge in [-0.1, -0.05) is 19.8 Å². The Kier molecular flexibility index (Phi) is 6.63.